The molecular weight excluding hydrogens is 192 g/mol. The number of carbonyl (C=O) groups is 1. The molecule has 0 bridgehead atoms. The van der Waals surface area contributed by atoms with Crippen molar-refractivity contribution in [1.82, 2.24) is 0 Å². The van der Waals surface area contributed by atoms with E-state index in [0.29, 0.717) is 6.42 Å². The third-order valence-corrected chi connectivity index (χ3v) is 2.74. The van der Waals surface area contributed by atoms with Gasteiger partial charge in [0.25, 0.3) is 0 Å². The molecule has 3 heteroatoms. The number of aromatic hydroxyl groups is 1. The van der Waals surface area contributed by atoms with Crippen LogP contribution in [0, 0.1) is 0 Å². The van der Waals surface area contributed by atoms with Crippen LogP contribution >= 0.6 is 0 Å². The number of hydrogen-bond donors (Lipinski definition) is 1. The summed E-state index contributed by atoms with van der Waals surface area (Å²) in [7, 11) is 0. The summed E-state index contributed by atoms with van der Waals surface area (Å²) in [6, 6.07) is 6.78. The zero-order chi connectivity index (χ0) is 11.1. The summed E-state index contributed by atoms with van der Waals surface area (Å²) < 4.78 is 5.66. The number of hydrogen-bond acceptors (Lipinski definition) is 3. The first-order chi connectivity index (χ1) is 6.99. The van der Waals surface area contributed by atoms with E-state index in [1.54, 1.807) is 38.1 Å². The third-order valence-electron chi connectivity index (χ3n) is 2.74. The van der Waals surface area contributed by atoms with Gasteiger partial charge in [-0.2, -0.15) is 0 Å². The summed E-state index contributed by atoms with van der Waals surface area (Å²) in [5, 5.41) is 9.15. The van der Waals surface area contributed by atoms with Crippen LogP contribution in [-0.4, -0.2) is 16.5 Å². The maximum Gasteiger partial charge on any atom is 0.167 e. The Bertz CT molecular complexity index is 378. The fourth-order valence-corrected chi connectivity index (χ4v) is 1.75. The third kappa shape index (κ3) is 1.88. The van der Waals surface area contributed by atoms with Gasteiger partial charge in [0.15, 0.2) is 5.78 Å². The van der Waals surface area contributed by atoms with Gasteiger partial charge in [-0.15, -0.1) is 0 Å². The molecule has 0 radical (unpaired) electrons. The first-order valence-electron chi connectivity index (χ1n) is 4.99. The van der Waals surface area contributed by atoms with Gasteiger partial charge in [0.2, 0.25) is 0 Å². The fourth-order valence-electron chi connectivity index (χ4n) is 1.75. The molecule has 1 aromatic rings. The summed E-state index contributed by atoms with van der Waals surface area (Å²) in [4.78, 5) is 11.6. The van der Waals surface area contributed by atoms with Crippen LogP contribution in [0.4, 0.5) is 0 Å². The van der Waals surface area contributed by atoms with Gasteiger partial charge in [0, 0.05) is 6.42 Å². The molecule has 1 saturated heterocycles. The van der Waals surface area contributed by atoms with E-state index in [1.807, 2.05) is 0 Å². The second-order valence-electron chi connectivity index (χ2n) is 4.34. The van der Waals surface area contributed by atoms with Crippen molar-refractivity contribution >= 4 is 5.78 Å². The topological polar surface area (TPSA) is 46.5 Å². The quantitative estimate of drug-likeness (QED) is 0.766. The predicted octanol–water partition coefficient (Wildman–Crippen LogP) is 2.20. The molecule has 1 unspecified atom stereocenters. The predicted molar refractivity (Wildman–Crippen MR) is 55.6 cm³/mol. The number of benzene rings is 1. The number of phenolic OH excluding ortho intramolecular Hbond substituents is 1. The lowest BCUT2D eigenvalue weighted by molar-refractivity contribution is -0.129. The van der Waals surface area contributed by atoms with E-state index in [0.717, 1.165) is 5.56 Å². The molecule has 0 aliphatic carbocycles. The van der Waals surface area contributed by atoms with Crippen LogP contribution < -0.4 is 0 Å². The monoisotopic (exact) mass is 206 g/mol. The first-order valence-corrected chi connectivity index (χ1v) is 4.99. The Labute approximate surface area is 88.7 Å². The van der Waals surface area contributed by atoms with E-state index in [2.05, 4.69) is 0 Å². The van der Waals surface area contributed by atoms with Gasteiger partial charge in [0.1, 0.15) is 11.4 Å². The smallest absolute Gasteiger partial charge is 0.167 e. The largest absolute Gasteiger partial charge is 0.508 e. The highest BCUT2D eigenvalue weighted by atomic mass is 16.5. The van der Waals surface area contributed by atoms with Crippen molar-refractivity contribution in [1.29, 1.82) is 0 Å². The van der Waals surface area contributed by atoms with E-state index >= 15 is 0 Å². The highest BCUT2D eigenvalue weighted by Gasteiger charge is 2.40. The molecule has 1 aliphatic heterocycles. The Morgan fingerprint density at radius 3 is 2.40 bits per heavy atom. The van der Waals surface area contributed by atoms with Gasteiger partial charge in [-0.1, -0.05) is 12.1 Å². The minimum Gasteiger partial charge on any atom is -0.508 e. The minimum absolute atomic E-state index is 0.126. The van der Waals surface area contributed by atoms with Gasteiger partial charge in [-0.3, -0.25) is 4.79 Å². The maximum absolute atomic E-state index is 11.6. The van der Waals surface area contributed by atoms with Crippen LogP contribution in [0.3, 0.4) is 0 Å². The Morgan fingerprint density at radius 1 is 1.33 bits per heavy atom. The van der Waals surface area contributed by atoms with Crippen molar-refractivity contribution in [2.24, 2.45) is 0 Å². The van der Waals surface area contributed by atoms with Crippen molar-refractivity contribution in [3.8, 4) is 5.75 Å². The van der Waals surface area contributed by atoms with Gasteiger partial charge in [0.05, 0.1) is 6.10 Å². The van der Waals surface area contributed by atoms with Gasteiger partial charge < -0.3 is 9.84 Å². The molecule has 0 saturated carbocycles. The molecule has 2 rings (SSSR count). The van der Waals surface area contributed by atoms with Gasteiger partial charge in [-0.05, 0) is 31.5 Å². The van der Waals surface area contributed by atoms with Crippen LogP contribution in [0.15, 0.2) is 24.3 Å². The molecule has 0 spiro atoms. The normalized spacial score (nSPS) is 24.4. The van der Waals surface area contributed by atoms with Crippen LogP contribution in [0.1, 0.15) is 31.9 Å². The van der Waals surface area contributed by atoms with Crippen molar-refractivity contribution in [3.63, 3.8) is 0 Å². The molecule has 1 heterocycles. The molecule has 1 aliphatic rings. The lowest BCUT2D eigenvalue weighted by atomic mass is 10.0. The summed E-state index contributed by atoms with van der Waals surface area (Å²) >= 11 is 0. The van der Waals surface area contributed by atoms with E-state index in [-0.39, 0.29) is 17.6 Å². The van der Waals surface area contributed by atoms with Crippen molar-refractivity contribution in [2.45, 2.75) is 32.0 Å². The number of ketones is 1. The number of rotatable bonds is 1. The average molecular weight is 206 g/mol. The average Bonchev–Trinajstić information content (AvgIpc) is 2.42. The molecule has 3 nitrogen and oxygen atoms in total. The summed E-state index contributed by atoms with van der Waals surface area (Å²) in [6.45, 7) is 3.57. The van der Waals surface area contributed by atoms with Crippen molar-refractivity contribution in [3.05, 3.63) is 29.8 Å². The first kappa shape index (κ1) is 10.2. The van der Waals surface area contributed by atoms with E-state index in [9.17, 15) is 4.79 Å². The van der Waals surface area contributed by atoms with Crippen molar-refractivity contribution in [2.75, 3.05) is 0 Å². The Kier molecular flexibility index (Phi) is 2.27. The molecule has 15 heavy (non-hydrogen) atoms. The SMILES string of the molecule is CC1(C)OC(c2ccc(O)cc2)CC1=O. The second-order valence-corrected chi connectivity index (χ2v) is 4.34. The summed E-state index contributed by atoms with van der Waals surface area (Å²) in [5.41, 5.74) is 0.259. The van der Waals surface area contributed by atoms with E-state index in [1.165, 1.54) is 0 Å². The molecular formula is C12H14O3. The summed E-state index contributed by atoms with van der Waals surface area (Å²) in [5.74, 6) is 0.350. The lowest BCUT2D eigenvalue weighted by Crippen LogP contribution is -2.26. The lowest BCUT2D eigenvalue weighted by Gasteiger charge is -2.17. The Morgan fingerprint density at radius 2 is 1.93 bits per heavy atom. The molecule has 1 aromatic carbocycles. The Balaban J connectivity index is 2.21. The molecule has 1 atom stereocenters. The second kappa shape index (κ2) is 3.35. The van der Waals surface area contributed by atoms with E-state index in [4.69, 9.17) is 9.84 Å². The van der Waals surface area contributed by atoms with Gasteiger partial charge >= 0.3 is 0 Å². The van der Waals surface area contributed by atoms with E-state index < -0.39 is 5.60 Å². The zero-order valence-electron chi connectivity index (χ0n) is 8.86. The highest BCUT2D eigenvalue weighted by molar-refractivity contribution is 5.88. The maximum atomic E-state index is 11.6. The van der Waals surface area contributed by atoms with Crippen molar-refractivity contribution < 1.29 is 14.6 Å². The summed E-state index contributed by atoms with van der Waals surface area (Å²) in [6.07, 6.45) is 0.241. The molecule has 1 fully saturated rings. The fraction of sp³-hybridized carbons (Fsp3) is 0.417. The molecule has 1 N–H and O–H groups in total. The van der Waals surface area contributed by atoms with Crippen LogP contribution in [-0.2, 0) is 9.53 Å². The highest BCUT2D eigenvalue weighted by Crippen LogP contribution is 2.36. The van der Waals surface area contributed by atoms with Crippen LogP contribution in [0.25, 0.3) is 0 Å². The minimum atomic E-state index is -0.678. The Hall–Kier alpha value is -1.35. The standard InChI is InChI=1S/C12H14O3/c1-12(2)11(14)7-10(15-12)8-3-5-9(13)6-4-8/h3-6,10,13H,7H2,1-2H3. The number of carbonyl (C=O) groups excluding carboxylic acids is 1. The molecule has 0 amide bonds. The van der Waals surface area contributed by atoms with Crippen LogP contribution in [0.5, 0.6) is 5.75 Å². The number of Topliss-reactive ketones (excluding diaryl/α,β-unsaturated/α-hetero) is 1. The van der Waals surface area contributed by atoms with Gasteiger partial charge in [-0.25, -0.2) is 0 Å². The number of phenols is 1. The molecule has 0 aromatic heterocycles. The number of ether oxygens (including phenoxy) is 1. The molecule has 80 valence electrons. The van der Waals surface area contributed by atoms with Crippen LogP contribution in [0.2, 0.25) is 0 Å². The zero-order valence-corrected chi connectivity index (χ0v) is 8.86.